The molecule has 5 nitrogen and oxygen atoms in total. The van der Waals surface area contributed by atoms with Crippen LogP contribution in [0, 0.1) is 6.92 Å². The molecule has 4 aromatic rings. The first-order chi connectivity index (χ1) is 14.0. The largest absolute Gasteiger partial charge is 0.289 e. The Morgan fingerprint density at radius 2 is 1.62 bits per heavy atom. The first-order valence-corrected chi connectivity index (χ1v) is 10.7. The summed E-state index contributed by atoms with van der Waals surface area (Å²) in [4.78, 5) is 13.8. The standard InChI is InChI=1S/C23H19N3O2S/c1-16-7-11-18(12-8-16)26-15-22(24-25-26)20-5-3-4-6-21(20)23(27)17-9-13-19(14-10-17)29(2)28/h3-15H,1-2H3. The molecule has 0 amide bonds. The first-order valence-electron chi connectivity index (χ1n) is 9.10. The summed E-state index contributed by atoms with van der Waals surface area (Å²) >= 11 is 0. The van der Waals surface area contributed by atoms with Crippen LogP contribution in [0.4, 0.5) is 0 Å². The van der Waals surface area contributed by atoms with Crippen LogP contribution < -0.4 is 0 Å². The lowest BCUT2D eigenvalue weighted by Crippen LogP contribution is -2.04. The van der Waals surface area contributed by atoms with Crippen molar-refractivity contribution in [3.05, 3.63) is 95.7 Å². The van der Waals surface area contributed by atoms with Gasteiger partial charge in [0.1, 0.15) is 5.69 Å². The minimum atomic E-state index is -1.08. The minimum Gasteiger partial charge on any atom is -0.289 e. The molecule has 4 rings (SSSR count). The number of hydrogen-bond donors (Lipinski definition) is 0. The Hall–Kier alpha value is -3.38. The van der Waals surface area contributed by atoms with Crippen LogP contribution in [0.3, 0.4) is 0 Å². The third kappa shape index (κ3) is 3.93. The number of aryl methyl sites for hydroxylation is 1. The van der Waals surface area contributed by atoms with Gasteiger partial charge < -0.3 is 0 Å². The molecular weight excluding hydrogens is 382 g/mol. The zero-order chi connectivity index (χ0) is 20.4. The van der Waals surface area contributed by atoms with Crippen LogP contribution >= 0.6 is 0 Å². The van der Waals surface area contributed by atoms with E-state index in [1.165, 1.54) is 5.56 Å². The summed E-state index contributed by atoms with van der Waals surface area (Å²) < 4.78 is 13.3. The zero-order valence-corrected chi connectivity index (χ0v) is 16.9. The monoisotopic (exact) mass is 401 g/mol. The van der Waals surface area contributed by atoms with Crippen LogP contribution in [0.5, 0.6) is 0 Å². The van der Waals surface area contributed by atoms with E-state index in [1.807, 2.05) is 55.6 Å². The Morgan fingerprint density at radius 1 is 0.931 bits per heavy atom. The molecule has 1 heterocycles. The maximum atomic E-state index is 13.1. The van der Waals surface area contributed by atoms with Crippen LogP contribution in [0.1, 0.15) is 21.5 Å². The molecule has 0 fully saturated rings. The van der Waals surface area contributed by atoms with E-state index in [0.29, 0.717) is 21.7 Å². The van der Waals surface area contributed by atoms with Gasteiger partial charge in [0, 0.05) is 38.6 Å². The van der Waals surface area contributed by atoms with E-state index in [9.17, 15) is 9.00 Å². The molecule has 6 heteroatoms. The summed E-state index contributed by atoms with van der Waals surface area (Å²) in [5.74, 6) is -0.112. The van der Waals surface area contributed by atoms with E-state index in [2.05, 4.69) is 10.3 Å². The predicted molar refractivity (Wildman–Crippen MR) is 114 cm³/mol. The Labute approximate surface area is 171 Å². The zero-order valence-electron chi connectivity index (χ0n) is 16.1. The number of benzene rings is 3. The van der Waals surface area contributed by atoms with E-state index >= 15 is 0 Å². The van der Waals surface area contributed by atoms with Gasteiger partial charge in [-0.2, -0.15) is 0 Å². The molecule has 0 aliphatic rings. The molecule has 0 spiro atoms. The van der Waals surface area contributed by atoms with Gasteiger partial charge in [-0.05, 0) is 43.3 Å². The van der Waals surface area contributed by atoms with Crippen molar-refractivity contribution in [1.82, 2.24) is 15.0 Å². The van der Waals surface area contributed by atoms with Crippen LogP contribution in [0.15, 0.2) is 83.9 Å². The molecule has 3 aromatic carbocycles. The molecule has 0 saturated heterocycles. The smallest absolute Gasteiger partial charge is 0.193 e. The first kappa shape index (κ1) is 19.0. The molecular formula is C23H19N3O2S. The molecule has 0 saturated carbocycles. The van der Waals surface area contributed by atoms with E-state index in [-0.39, 0.29) is 5.78 Å². The fourth-order valence-corrected chi connectivity index (χ4v) is 3.59. The topological polar surface area (TPSA) is 64.8 Å². The number of ketones is 1. The highest BCUT2D eigenvalue weighted by atomic mass is 32.2. The van der Waals surface area contributed by atoms with E-state index in [1.54, 1.807) is 41.3 Å². The average molecular weight is 401 g/mol. The minimum absolute atomic E-state index is 0.112. The van der Waals surface area contributed by atoms with E-state index < -0.39 is 10.8 Å². The van der Waals surface area contributed by atoms with Gasteiger partial charge in [0.2, 0.25) is 0 Å². The van der Waals surface area contributed by atoms with Crippen molar-refractivity contribution in [3.8, 4) is 16.9 Å². The lowest BCUT2D eigenvalue weighted by molar-refractivity contribution is 0.103. The molecule has 1 unspecified atom stereocenters. The van der Waals surface area contributed by atoms with E-state index in [0.717, 1.165) is 11.3 Å². The quantitative estimate of drug-likeness (QED) is 0.470. The van der Waals surface area contributed by atoms with Crippen molar-refractivity contribution >= 4 is 16.6 Å². The Kier molecular flexibility index (Phi) is 5.18. The molecule has 0 radical (unpaired) electrons. The summed E-state index contributed by atoms with van der Waals surface area (Å²) in [5.41, 5.74) is 4.51. The molecule has 0 N–H and O–H groups in total. The predicted octanol–water partition coefficient (Wildman–Crippen LogP) is 4.21. The molecule has 29 heavy (non-hydrogen) atoms. The van der Waals surface area contributed by atoms with Crippen molar-refractivity contribution in [1.29, 1.82) is 0 Å². The summed E-state index contributed by atoms with van der Waals surface area (Å²) in [7, 11) is -1.08. The maximum absolute atomic E-state index is 13.1. The number of nitrogens with zero attached hydrogens (tertiary/aromatic N) is 3. The SMILES string of the molecule is Cc1ccc(-n2cc(-c3ccccc3C(=O)c3ccc(S(C)=O)cc3)nn2)cc1. The van der Waals surface area contributed by atoms with Gasteiger partial charge in [0.25, 0.3) is 0 Å². The molecule has 1 atom stereocenters. The Morgan fingerprint density at radius 3 is 2.31 bits per heavy atom. The second-order valence-electron chi connectivity index (χ2n) is 6.74. The average Bonchev–Trinajstić information content (AvgIpc) is 3.24. The van der Waals surface area contributed by atoms with Crippen molar-refractivity contribution in [2.75, 3.05) is 6.26 Å². The molecule has 144 valence electrons. The highest BCUT2D eigenvalue weighted by Crippen LogP contribution is 2.25. The summed E-state index contributed by atoms with van der Waals surface area (Å²) in [6.45, 7) is 2.03. The van der Waals surface area contributed by atoms with Gasteiger partial charge in [-0.15, -0.1) is 5.10 Å². The fourth-order valence-electron chi connectivity index (χ4n) is 3.07. The van der Waals surface area contributed by atoms with Crippen molar-refractivity contribution in [3.63, 3.8) is 0 Å². The maximum Gasteiger partial charge on any atom is 0.193 e. The van der Waals surface area contributed by atoms with Crippen LogP contribution in [0.25, 0.3) is 16.9 Å². The van der Waals surface area contributed by atoms with Gasteiger partial charge in [0.15, 0.2) is 5.78 Å². The lowest BCUT2D eigenvalue weighted by atomic mass is 9.97. The number of aromatic nitrogens is 3. The van der Waals surface area contributed by atoms with Crippen LogP contribution in [0.2, 0.25) is 0 Å². The van der Waals surface area contributed by atoms with Gasteiger partial charge in [0.05, 0.1) is 11.9 Å². The molecule has 0 aliphatic heterocycles. The van der Waals surface area contributed by atoms with E-state index in [4.69, 9.17) is 0 Å². The third-order valence-electron chi connectivity index (χ3n) is 4.69. The van der Waals surface area contributed by atoms with Crippen molar-refractivity contribution < 1.29 is 9.00 Å². The second-order valence-corrected chi connectivity index (χ2v) is 8.12. The number of hydrogen-bond acceptors (Lipinski definition) is 4. The number of carbonyl (C=O) groups is 1. The van der Waals surface area contributed by atoms with Crippen molar-refractivity contribution in [2.45, 2.75) is 11.8 Å². The molecule has 0 bridgehead atoms. The molecule has 0 aliphatic carbocycles. The van der Waals surface area contributed by atoms with Crippen LogP contribution in [-0.4, -0.2) is 31.2 Å². The number of rotatable bonds is 5. The highest BCUT2D eigenvalue weighted by molar-refractivity contribution is 7.84. The summed E-state index contributed by atoms with van der Waals surface area (Å²) in [6, 6.07) is 22.2. The number of carbonyl (C=O) groups excluding carboxylic acids is 1. The van der Waals surface area contributed by atoms with Gasteiger partial charge in [-0.25, -0.2) is 4.68 Å². The Bertz CT molecular complexity index is 1200. The fraction of sp³-hybridized carbons (Fsp3) is 0.0870. The highest BCUT2D eigenvalue weighted by Gasteiger charge is 2.17. The van der Waals surface area contributed by atoms with Gasteiger partial charge in [-0.1, -0.05) is 47.2 Å². The van der Waals surface area contributed by atoms with Gasteiger partial charge in [-0.3, -0.25) is 9.00 Å². The second kappa shape index (κ2) is 7.93. The summed E-state index contributed by atoms with van der Waals surface area (Å²) in [6.07, 6.45) is 3.43. The lowest BCUT2D eigenvalue weighted by Gasteiger charge is -2.07. The summed E-state index contributed by atoms with van der Waals surface area (Å²) in [5, 5.41) is 8.50. The Balaban J connectivity index is 1.69. The van der Waals surface area contributed by atoms with Crippen LogP contribution in [-0.2, 0) is 10.8 Å². The third-order valence-corrected chi connectivity index (χ3v) is 5.62. The van der Waals surface area contributed by atoms with Crippen molar-refractivity contribution in [2.24, 2.45) is 0 Å². The van der Waals surface area contributed by atoms with Gasteiger partial charge >= 0.3 is 0 Å². The molecule has 1 aromatic heterocycles. The normalized spacial score (nSPS) is 11.9.